The molecule has 9 rings (SSSR count). The monoisotopic (exact) mass is 1550 g/mol. The molecular formula is C78H91N3O20PS4+. The summed E-state index contributed by atoms with van der Waals surface area (Å²) in [7, 11) is -16.3. The maximum absolute atomic E-state index is 13.7. The summed E-state index contributed by atoms with van der Waals surface area (Å²) >= 11 is 0. The van der Waals surface area contributed by atoms with Gasteiger partial charge in [-0.3, -0.25) is 27.8 Å². The molecule has 23 nitrogen and oxygen atoms in total. The third-order valence-corrected chi connectivity index (χ3v) is 24.7. The van der Waals surface area contributed by atoms with Crippen molar-refractivity contribution in [3.63, 3.8) is 0 Å². The molecule has 2 unspecified atom stereocenters. The van der Waals surface area contributed by atoms with E-state index >= 15 is 0 Å². The quantitative estimate of drug-likeness (QED) is 0.00593. The smallest absolute Gasteiger partial charge is 0.338 e. The lowest BCUT2D eigenvalue weighted by atomic mass is 9.74. The summed E-state index contributed by atoms with van der Waals surface area (Å²) in [6, 6.07) is 40.3. The van der Waals surface area contributed by atoms with Crippen molar-refractivity contribution < 1.29 is 94.5 Å². The molecule has 7 aromatic rings. The van der Waals surface area contributed by atoms with Gasteiger partial charge in [0.2, 0.25) is 5.69 Å². The number of hydrogen-bond acceptors (Lipinski definition) is 17. The summed E-state index contributed by atoms with van der Waals surface area (Å²) in [6.45, 7) is 7.35. The molecule has 2 aliphatic heterocycles. The lowest BCUT2D eigenvalue weighted by Gasteiger charge is -2.30. The van der Waals surface area contributed by atoms with Crippen molar-refractivity contribution >= 4 is 121 Å². The first-order valence-corrected chi connectivity index (χ1v) is 42.3. The number of carbonyl (C=O) groups excluding carboxylic acids is 3. The van der Waals surface area contributed by atoms with E-state index in [2.05, 4.69) is 14.8 Å². The Labute approximate surface area is 621 Å². The molecule has 2 aliphatic rings. The Hall–Kier alpha value is -7.99. The number of nitrogens with zero attached hydrogens (tertiary/aromatic N) is 2. The Bertz CT molecular complexity index is 4920. The van der Waals surface area contributed by atoms with Crippen molar-refractivity contribution in [1.82, 2.24) is 5.32 Å². The van der Waals surface area contributed by atoms with Gasteiger partial charge in [-0.25, -0.2) is 4.79 Å². The second-order valence-corrected chi connectivity index (χ2v) is 34.4. The molecule has 5 N–H and O–H groups in total. The van der Waals surface area contributed by atoms with E-state index in [1.165, 1.54) is 31.4 Å². The average molecular weight is 1550 g/mol. The topological polar surface area (TPSA) is 333 Å². The van der Waals surface area contributed by atoms with Crippen LogP contribution in [-0.2, 0) is 79.8 Å². The normalized spacial score (nSPS) is 16.8. The number of hydrogen-bond donors (Lipinski definition) is 5. The zero-order chi connectivity index (χ0) is 76.3. The average Bonchev–Trinajstić information content (AvgIpc) is 1.57. The highest BCUT2D eigenvalue weighted by molar-refractivity contribution is 7.86. The number of esters is 1. The van der Waals surface area contributed by atoms with E-state index in [-0.39, 0.29) is 73.3 Å². The number of fused-ring (bicyclic) bond motifs is 6. The molecule has 1 amide bonds. The van der Waals surface area contributed by atoms with E-state index < -0.39 is 76.7 Å². The standard InChI is InChI=1S/C78H90N3O20PS4/c1-77(40-20-52-103(85,86)87)71(28-16-6-5-7-17-29-72-78(2,41-21-53-104(88,89)90)74-66-37-34-64(106(94,95)96)55-58(66)32-39-69(74)81(72)44-45-99-48-49-101-51-50-100-47-46-97-3)80(68-38-31-57-54-63(105(91,92)93)33-36-65(57)73(68)77)43-18-10-11-22-60(82)23-19-42-79-75(83)59-30-35-67(76(84)98-4)70(56-59)102(61-24-12-8-13-25-61)62-26-14-9-15-27-62/h5-9,12-17,24-39,54-56H,10-11,18-23,40-53H2,1-4H3,(H4-,79,83,85,86,87,88,89,90,91,92,93,94,95,96)/p+1. The maximum atomic E-state index is 13.7. The number of ketones is 1. The Morgan fingerprint density at radius 3 is 1.69 bits per heavy atom. The number of rotatable bonds is 41. The molecule has 2 heterocycles. The number of carbonyl (C=O) groups is 3. The Morgan fingerprint density at radius 2 is 1.10 bits per heavy atom. The minimum absolute atomic E-state index is 0.0266. The van der Waals surface area contributed by atoms with Crippen LogP contribution < -0.4 is 26.1 Å². The Kier molecular flexibility index (Phi) is 28.8. The van der Waals surface area contributed by atoms with E-state index in [0.29, 0.717) is 116 Å². The molecule has 566 valence electrons. The predicted molar refractivity (Wildman–Crippen MR) is 412 cm³/mol. The molecule has 0 aliphatic carbocycles. The highest BCUT2D eigenvalue weighted by Gasteiger charge is 2.49. The van der Waals surface area contributed by atoms with Crippen molar-refractivity contribution in [2.45, 2.75) is 98.7 Å². The zero-order valence-corrected chi connectivity index (χ0v) is 63.8. The van der Waals surface area contributed by atoms with Crippen molar-refractivity contribution in [3.05, 3.63) is 210 Å². The molecule has 0 fully saturated rings. The summed E-state index contributed by atoms with van der Waals surface area (Å²) in [5.74, 6) is -1.90. The number of benzene rings is 7. The first kappa shape index (κ1) is 82.1. The second kappa shape index (κ2) is 37.2. The van der Waals surface area contributed by atoms with Crippen LogP contribution in [-0.4, -0.2) is 171 Å². The second-order valence-electron chi connectivity index (χ2n) is 26.2. The SMILES string of the molecule is COCCOCCOCCOCCN1C(=CC=CC=CC=CC2=[N+](CCCCCC(=O)CCCNC(=O)c3ccc(C(=O)OC)c(P(c4ccccc4)c4ccccc4)c3)c3ccc4cc(S(=O)(=O)O)ccc4c3C2(C)CCCS(=O)(=O)O)C(C)(CCCS(=O)(=O)O)c2c1ccc1cc(S(=O)(=O)O)ccc21. The molecular weight excluding hydrogens is 1460 g/mol. The predicted octanol–water partition coefficient (Wildman–Crippen LogP) is 11.1. The van der Waals surface area contributed by atoms with Crippen LogP contribution in [0.5, 0.6) is 0 Å². The summed E-state index contributed by atoms with van der Waals surface area (Å²) in [6.07, 6.45) is 16.1. The summed E-state index contributed by atoms with van der Waals surface area (Å²) in [5.41, 5.74) is 3.38. The van der Waals surface area contributed by atoms with E-state index in [1.807, 2.05) is 111 Å². The molecule has 0 radical (unpaired) electrons. The van der Waals surface area contributed by atoms with Crippen LogP contribution in [0.25, 0.3) is 21.5 Å². The van der Waals surface area contributed by atoms with Gasteiger partial charge in [0, 0.05) is 84.8 Å². The number of nitrogens with one attached hydrogen (secondary N) is 1. The summed E-state index contributed by atoms with van der Waals surface area (Å²) < 4.78 is 168. The number of methoxy groups -OCH3 is 2. The van der Waals surface area contributed by atoms with E-state index in [9.17, 15) is 66.3 Å². The van der Waals surface area contributed by atoms with Crippen LogP contribution in [0.15, 0.2) is 198 Å². The van der Waals surface area contributed by atoms with Gasteiger partial charge in [0.15, 0.2) is 5.71 Å². The Balaban J connectivity index is 0.938. The molecule has 0 spiro atoms. The van der Waals surface area contributed by atoms with Gasteiger partial charge in [-0.15, -0.1) is 0 Å². The molecule has 0 saturated carbocycles. The van der Waals surface area contributed by atoms with Crippen LogP contribution in [0.2, 0.25) is 0 Å². The van der Waals surface area contributed by atoms with Crippen LogP contribution in [0.1, 0.15) is 110 Å². The van der Waals surface area contributed by atoms with Gasteiger partial charge in [-0.05, 0) is 165 Å². The number of allylic oxidation sites excluding steroid dienone is 8. The molecule has 28 heteroatoms. The third-order valence-electron chi connectivity index (χ3n) is 18.9. The number of ether oxygens (including phenoxy) is 5. The van der Waals surface area contributed by atoms with E-state index in [4.69, 9.17) is 23.7 Å². The van der Waals surface area contributed by atoms with Crippen molar-refractivity contribution in [3.8, 4) is 0 Å². The number of Topliss-reactive ketones (excluding diaryl/α,β-unsaturated/α-hetero) is 1. The highest BCUT2D eigenvalue weighted by atomic mass is 32.2. The van der Waals surface area contributed by atoms with Crippen LogP contribution in [0, 0.1) is 0 Å². The van der Waals surface area contributed by atoms with Gasteiger partial charge >= 0.3 is 5.97 Å². The van der Waals surface area contributed by atoms with Crippen LogP contribution in [0.3, 0.4) is 0 Å². The number of unbranched alkanes of at least 4 members (excludes halogenated alkanes) is 2. The van der Waals surface area contributed by atoms with Crippen molar-refractivity contribution in [1.29, 1.82) is 0 Å². The van der Waals surface area contributed by atoms with Crippen LogP contribution >= 0.6 is 7.92 Å². The summed E-state index contributed by atoms with van der Waals surface area (Å²) in [5, 5.41) is 7.92. The van der Waals surface area contributed by atoms with Gasteiger partial charge < -0.3 is 33.9 Å². The lowest BCUT2D eigenvalue weighted by Crippen LogP contribution is -2.32. The zero-order valence-electron chi connectivity index (χ0n) is 59.7. The maximum Gasteiger partial charge on any atom is 0.338 e. The van der Waals surface area contributed by atoms with Crippen molar-refractivity contribution in [2.24, 2.45) is 0 Å². The van der Waals surface area contributed by atoms with Gasteiger partial charge in [0.25, 0.3) is 46.4 Å². The van der Waals surface area contributed by atoms with Gasteiger partial charge in [-0.1, -0.05) is 109 Å². The van der Waals surface area contributed by atoms with Crippen LogP contribution in [0.4, 0.5) is 11.4 Å². The molecule has 7 aromatic carbocycles. The number of amides is 1. The molecule has 106 heavy (non-hydrogen) atoms. The molecule has 0 aromatic heterocycles. The molecule has 0 bridgehead atoms. The fourth-order valence-electron chi connectivity index (χ4n) is 13.9. The summed E-state index contributed by atoms with van der Waals surface area (Å²) in [4.78, 5) is 41.8. The third kappa shape index (κ3) is 21.4. The van der Waals surface area contributed by atoms with Gasteiger partial charge in [0.1, 0.15) is 12.3 Å². The minimum atomic E-state index is -4.60. The first-order chi connectivity index (χ1) is 50.6. The van der Waals surface area contributed by atoms with E-state index in [0.717, 1.165) is 44.5 Å². The van der Waals surface area contributed by atoms with Gasteiger partial charge in [-0.2, -0.15) is 38.2 Å². The fourth-order valence-corrected chi connectivity index (χ4v) is 18.4. The van der Waals surface area contributed by atoms with Crippen molar-refractivity contribution in [2.75, 3.05) is 96.5 Å². The molecule has 0 saturated heterocycles. The van der Waals surface area contributed by atoms with Gasteiger partial charge in [0.05, 0.1) is 85.6 Å². The Morgan fingerprint density at radius 1 is 0.557 bits per heavy atom. The number of anilines is 1. The molecule has 2 atom stereocenters. The first-order valence-electron chi connectivity index (χ1n) is 34.9. The lowest BCUT2D eigenvalue weighted by molar-refractivity contribution is -0.438. The largest absolute Gasteiger partial charge is 0.465 e. The fraction of sp³-hybridized carbons (Fsp3) is 0.359. The van der Waals surface area contributed by atoms with E-state index in [1.54, 1.807) is 67.8 Å². The highest BCUT2D eigenvalue weighted by Crippen LogP contribution is 2.54. The minimum Gasteiger partial charge on any atom is -0.465 e.